The molecule has 1 rings (SSSR count). The quantitative estimate of drug-likeness (QED) is 0.433. The summed E-state index contributed by atoms with van der Waals surface area (Å²) in [5.41, 5.74) is 0.377. The summed E-state index contributed by atoms with van der Waals surface area (Å²) in [6.45, 7) is 1.50. The molecule has 0 radical (unpaired) electrons. The van der Waals surface area contributed by atoms with Crippen LogP contribution in [0.15, 0.2) is 23.4 Å². The summed E-state index contributed by atoms with van der Waals surface area (Å²) in [7, 11) is 1.43. The van der Waals surface area contributed by atoms with Gasteiger partial charge in [0.25, 0.3) is 0 Å². The first kappa shape index (κ1) is 9.51. The SMILES string of the molecule is COc1cccc(F)c1/C(C)=N/O. The zero-order valence-electron chi connectivity index (χ0n) is 7.41. The molecule has 0 bridgehead atoms. The molecule has 70 valence electrons. The van der Waals surface area contributed by atoms with Crippen LogP contribution in [0, 0.1) is 5.82 Å². The maximum absolute atomic E-state index is 13.2. The molecule has 0 amide bonds. The molecule has 1 aromatic carbocycles. The normalized spacial score (nSPS) is 11.5. The Morgan fingerprint density at radius 3 is 2.77 bits per heavy atom. The van der Waals surface area contributed by atoms with E-state index in [-0.39, 0.29) is 11.3 Å². The van der Waals surface area contributed by atoms with Gasteiger partial charge in [-0.15, -0.1) is 0 Å². The van der Waals surface area contributed by atoms with Crippen LogP contribution in [0.1, 0.15) is 12.5 Å². The van der Waals surface area contributed by atoms with Crippen molar-refractivity contribution < 1.29 is 14.3 Å². The smallest absolute Gasteiger partial charge is 0.136 e. The summed E-state index contributed by atoms with van der Waals surface area (Å²) in [5.74, 6) is -0.107. The van der Waals surface area contributed by atoms with Crippen molar-refractivity contribution in [3.05, 3.63) is 29.6 Å². The van der Waals surface area contributed by atoms with Gasteiger partial charge in [-0.05, 0) is 19.1 Å². The van der Waals surface area contributed by atoms with E-state index in [0.29, 0.717) is 5.75 Å². The maximum Gasteiger partial charge on any atom is 0.136 e. The zero-order chi connectivity index (χ0) is 9.84. The van der Waals surface area contributed by atoms with Crippen molar-refractivity contribution in [3.8, 4) is 5.75 Å². The predicted octanol–water partition coefficient (Wildman–Crippen LogP) is 2.03. The molecule has 3 nitrogen and oxygen atoms in total. The van der Waals surface area contributed by atoms with E-state index in [0.717, 1.165) is 0 Å². The molecule has 13 heavy (non-hydrogen) atoms. The van der Waals surface area contributed by atoms with Crippen molar-refractivity contribution in [1.29, 1.82) is 0 Å². The van der Waals surface area contributed by atoms with Crippen LogP contribution in [0.2, 0.25) is 0 Å². The monoisotopic (exact) mass is 183 g/mol. The fourth-order valence-electron chi connectivity index (χ4n) is 1.08. The van der Waals surface area contributed by atoms with Crippen molar-refractivity contribution in [2.24, 2.45) is 5.16 Å². The van der Waals surface area contributed by atoms with Crippen molar-refractivity contribution in [2.45, 2.75) is 6.92 Å². The van der Waals surface area contributed by atoms with Gasteiger partial charge < -0.3 is 9.94 Å². The second kappa shape index (κ2) is 3.89. The summed E-state index contributed by atoms with van der Waals surface area (Å²) in [4.78, 5) is 0. The van der Waals surface area contributed by atoms with Gasteiger partial charge in [-0.25, -0.2) is 4.39 Å². The average Bonchev–Trinajstić information content (AvgIpc) is 2.16. The molecule has 0 aliphatic rings. The van der Waals surface area contributed by atoms with Crippen LogP contribution in [0.5, 0.6) is 5.75 Å². The largest absolute Gasteiger partial charge is 0.496 e. The lowest BCUT2D eigenvalue weighted by Gasteiger charge is -2.07. The fraction of sp³-hybridized carbons (Fsp3) is 0.222. The van der Waals surface area contributed by atoms with E-state index in [9.17, 15) is 4.39 Å². The third-order valence-electron chi connectivity index (χ3n) is 1.71. The molecule has 0 saturated heterocycles. The molecule has 0 aliphatic carbocycles. The Kier molecular flexibility index (Phi) is 2.84. The molecule has 0 aromatic heterocycles. The van der Waals surface area contributed by atoms with E-state index in [2.05, 4.69) is 5.16 Å². The molecule has 0 aliphatic heterocycles. The minimum Gasteiger partial charge on any atom is -0.496 e. The Balaban J connectivity index is 3.31. The topological polar surface area (TPSA) is 41.8 Å². The molecule has 0 heterocycles. The van der Waals surface area contributed by atoms with Gasteiger partial charge in [0.05, 0.1) is 18.4 Å². The Morgan fingerprint density at radius 1 is 1.54 bits per heavy atom. The molecular formula is C9H10FNO2. The highest BCUT2D eigenvalue weighted by Crippen LogP contribution is 2.21. The van der Waals surface area contributed by atoms with E-state index >= 15 is 0 Å². The minimum atomic E-state index is -0.463. The van der Waals surface area contributed by atoms with Gasteiger partial charge in [-0.1, -0.05) is 11.2 Å². The van der Waals surface area contributed by atoms with Gasteiger partial charge in [-0.2, -0.15) is 0 Å². The second-order valence-corrected chi connectivity index (χ2v) is 2.50. The van der Waals surface area contributed by atoms with Crippen molar-refractivity contribution in [3.63, 3.8) is 0 Å². The number of ether oxygens (including phenoxy) is 1. The number of hydrogen-bond acceptors (Lipinski definition) is 3. The molecule has 0 atom stereocenters. The highest BCUT2D eigenvalue weighted by Gasteiger charge is 2.11. The predicted molar refractivity (Wildman–Crippen MR) is 46.9 cm³/mol. The van der Waals surface area contributed by atoms with Crippen molar-refractivity contribution >= 4 is 5.71 Å². The lowest BCUT2D eigenvalue weighted by atomic mass is 10.1. The second-order valence-electron chi connectivity index (χ2n) is 2.50. The first-order chi connectivity index (χ1) is 6.20. The highest BCUT2D eigenvalue weighted by molar-refractivity contribution is 6.00. The van der Waals surface area contributed by atoms with Crippen LogP contribution in [-0.2, 0) is 0 Å². The standard InChI is InChI=1S/C9H10FNO2/c1-6(11-12)9-7(10)4-3-5-8(9)13-2/h3-5,12H,1-2H3/b11-6+. The lowest BCUT2D eigenvalue weighted by Crippen LogP contribution is -2.02. The summed E-state index contributed by atoms with van der Waals surface area (Å²) < 4.78 is 18.1. The number of benzene rings is 1. The highest BCUT2D eigenvalue weighted by atomic mass is 19.1. The van der Waals surface area contributed by atoms with Gasteiger partial charge in [0.2, 0.25) is 0 Å². The molecule has 1 aromatic rings. The Bertz CT molecular complexity index is 336. The molecule has 4 heteroatoms. The van der Waals surface area contributed by atoms with Crippen LogP contribution >= 0.6 is 0 Å². The molecule has 0 spiro atoms. The van der Waals surface area contributed by atoms with Gasteiger partial charge in [-0.3, -0.25) is 0 Å². The van der Waals surface area contributed by atoms with Gasteiger partial charge in [0.15, 0.2) is 0 Å². The third kappa shape index (κ3) is 1.77. The number of halogens is 1. The van der Waals surface area contributed by atoms with Gasteiger partial charge in [0.1, 0.15) is 11.6 Å². The Labute approximate surface area is 75.4 Å². The van der Waals surface area contributed by atoms with Crippen LogP contribution < -0.4 is 4.74 Å². The first-order valence-electron chi connectivity index (χ1n) is 3.72. The fourth-order valence-corrected chi connectivity index (χ4v) is 1.08. The first-order valence-corrected chi connectivity index (χ1v) is 3.72. The summed E-state index contributed by atoms with van der Waals surface area (Å²) in [6.07, 6.45) is 0. The van der Waals surface area contributed by atoms with E-state index in [1.807, 2.05) is 0 Å². The van der Waals surface area contributed by atoms with Crippen LogP contribution in [0.4, 0.5) is 4.39 Å². The molecule has 0 fully saturated rings. The molecule has 0 unspecified atom stereocenters. The molecule has 1 N–H and O–H groups in total. The number of hydrogen-bond donors (Lipinski definition) is 1. The van der Waals surface area contributed by atoms with Gasteiger partial charge in [0, 0.05) is 0 Å². The van der Waals surface area contributed by atoms with Crippen molar-refractivity contribution in [1.82, 2.24) is 0 Å². The summed E-state index contributed by atoms with van der Waals surface area (Å²) in [6, 6.07) is 4.42. The van der Waals surface area contributed by atoms with Crippen molar-refractivity contribution in [2.75, 3.05) is 7.11 Å². The number of methoxy groups -OCH3 is 1. The number of nitrogens with zero attached hydrogens (tertiary/aromatic N) is 1. The Hall–Kier alpha value is -1.58. The van der Waals surface area contributed by atoms with E-state index < -0.39 is 5.82 Å². The van der Waals surface area contributed by atoms with Crippen LogP contribution in [0.25, 0.3) is 0 Å². The average molecular weight is 183 g/mol. The Morgan fingerprint density at radius 2 is 2.23 bits per heavy atom. The van der Waals surface area contributed by atoms with Gasteiger partial charge >= 0.3 is 0 Å². The number of oxime groups is 1. The molecular weight excluding hydrogens is 173 g/mol. The number of rotatable bonds is 2. The lowest BCUT2D eigenvalue weighted by molar-refractivity contribution is 0.318. The van der Waals surface area contributed by atoms with Crippen LogP contribution in [-0.4, -0.2) is 18.0 Å². The summed E-state index contributed by atoms with van der Waals surface area (Å²) in [5, 5.41) is 11.4. The molecule has 0 saturated carbocycles. The van der Waals surface area contributed by atoms with E-state index in [1.54, 1.807) is 6.07 Å². The minimum absolute atomic E-state index is 0.188. The third-order valence-corrected chi connectivity index (χ3v) is 1.71. The maximum atomic E-state index is 13.2. The van der Waals surface area contributed by atoms with Crippen LogP contribution in [0.3, 0.4) is 0 Å². The summed E-state index contributed by atoms with van der Waals surface area (Å²) >= 11 is 0. The van der Waals surface area contributed by atoms with E-state index in [1.165, 1.54) is 26.2 Å². The zero-order valence-corrected chi connectivity index (χ0v) is 7.41. The van der Waals surface area contributed by atoms with E-state index in [4.69, 9.17) is 9.94 Å².